The van der Waals surface area contributed by atoms with Gasteiger partial charge >= 0.3 is 18.0 Å². The molecule has 0 aromatic heterocycles. The molecular weight excluding hydrogens is 290 g/mol. The highest BCUT2D eigenvalue weighted by Gasteiger charge is 2.21. The number of carboxylic acid groups (broad SMARTS) is 1. The first-order valence-corrected chi connectivity index (χ1v) is 7.60. The number of unbranched alkanes of at least 4 members (excludes halogenated alkanes) is 1. The second-order valence-corrected chi connectivity index (χ2v) is 5.50. The van der Waals surface area contributed by atoms with E-state index in [0.29, 0.717) is 12.3 Å². The van der Waals surface area contributed by atoms with E-state index in [1.165, 1.54) is 13.8 Å². The number of carbonyl (C=O) groups excluding carboxylic acids is 2. The van der Waals surface area contributed by atoms with Crippen molar-refractivity contribution in [1.82, 2.24) is 5.32 Å². The maximum atomic E-state index is 11.7. The van der Waals surface area contributed by atoms with E-state index in [1.807, 2.05) is 6.92 Å². The van der Waals surface area contributed by atoms with Gasteiger partial charge in [-0.25, -0.2) is 4.79 Å². The Morgan fingerprint density at radius 3 is 2.32 bits per heavy atom. The van der Waals surface area contributed by atoms with E-state index in [0.717, 1.165) is 19.3 Å². The highest BCUT2D eigenvalue weighted by molar-refractivity contribution is 5.71. The fourth-order valence-corrected chi connectivity index (χ4v) is 2.17. The number of hydrogen-bond acceptors (Lipinski definition) is 5. The SMILES string of the molecule is CCCC[C@@H](C)C[C@@H](CC(=O)O)NC(=O)O[C@@H](C)OC(C)=O. The molecular formula is C15H27NO6. The fraction of sp³-hybridized carbons (Fsp3) is 0.800. The summed E-state index contributed by atoms with van der Waals surface area (Å²) in [6.07, 6.45) is 1.70. The normalized spacial score (nSPS) is 14.5. The van der Waals surface area contributed by atoms with Crippen molar-refractivity contribution in [2.75, 3.05) is 0 Å². The van der Waals surface area contributed by atoms with Crippen molar-refractivity contribution in [1.29, 1.82) is 0 Å². The van der Waals surface area contributed by atoms with Crippen LogP contribution in [0.2, 0.25) is 0 Å². The molecule has 0 saturated carbocycles. The molecule has 0 aliphatic carbocycles. The third-order valence-electron chi connectivity index (χ3n) is 3.09. The van der Waals surface area contributed by atoms with E-state index in [2.05, 4.69) is 17.0 Å². The Balaban J connectivity index is 4.41. The van der Waals surface area contributed by atoms with Crippen molar-refractivity contribution in [3.8, 4) is 0 Å². The molecule has 0 fully saturated rings. The summed E-state index contributed by atoms with van der Waals surface area (Å²) in [6.45, 7) is 6.74. The monoisotopic (exact) mass is 317 g/mol. The lowest BCUT2D eigenvalue weighted by molar-refractivity contribution is -0.162. The molecule has 0 aromatic rings. The summed E-state index contributed by atoms with van der Waals surface area (Å²) >= 11 is 0. The van der Waals surface area contributed by atoms with Crippen LogP contribution in [0.1, 0.15) is 59.8 Å². The van der Waals surface area contributed by atoms with Crippen molar-refractivity contribution in [3.63, 3.8) is 0 Å². The molecule has 0 aliphatic rings. The van der Waals surface area contributed by atoms with Crippen molar-refractivity contribution >= 4 is 18.0 Å². The molecule has 0 heterocycles. The quantitative estimate of drug-likeness (QED) is 0.474. The molecule has 128 valence electrons. The molecule has 7 nitrogen and oxygen atoms in total. The van der Waals surface area contributed by atoms with Gasteiger partial charge in [-0.1, -0.05) is 33.1 Å². The van der Waals surface area contributed by atoms with Gasteiger partial charge in [0.1, 0.15) is 0 Å². The second kappa shape index (κ2) is 10.9. The van der Waals surface area contributed by atoms with Crippen molar-refractivity contribution in [3.05, 3.63) is 0 Å². The average Bonchev–Trinajstić information content (AvgIpc) is 2.33. The smallest absolute Gasteiger partial charge is 0.410 e. The van der Waals surface area contributed by atoms with Gasteiger partial charge < -0.3 is 19.9 Å². The fourth-order valence-electron chi connectivity index (χ4n) is 2.17. The van der Waals surface area contributed by atoms with Crippen LogP contribution in [0.15, 0.2) is 0 Å². The third kappa shape index (κ3) is 10.9. The van der Waals surface area contributed by atoms with Crippen LogP contribution in [0.25, 0.3) is 0 Å². The predicted octanol–water partition coefficient (Wildman–Crippen LogP) is 2.68. The van der Waals surface area contributed by atoms with Gasteiger partial charge in [-0.2, -0.15) is 0 Å². The summed E-state index contributed by atoms with van der Waals surface area (Å²) in [7, 11) is 0. The summed E-state index contributed by atoms with van der Waals surface area (Å²) in [4.78, 5) is 33.3. The number of carboxylic acids is 1. The molecule has 2 N–H and O–H groups in total. The lowest BCUT2D eigenvalue weighted by Crippen LogP contribution is -2.39. The zero-order valence-electron chi connectivity index (χ0n) is 13.8. The highest BCUT2D eigenvalue weighted by Crippen LogP contribution is 2.16. The van der Waals surface area contributed by atoms with Gasteiger partial charge in [-0.05, 0) is 12.3 Å². The van der Waals surface area contributed by atoms with Crippen LogP contribution in [0.3, 0.4) is 0 Å². The maximum absolute atomic E-state index is 11.7. The minimum Gasteiger partial charge on any atom is -0.481 e. The van der Waals surface area contributed by atoms with Crippen molar-refractivity contribution in [2.45, 2.75) is 72.1 Å². The summed E-state index contributed by atoms with van der Waals surface area (Å²) in [5, 5.41) is 11.5. The lowest BCUT2D eigenvalue weighted by atomic mass is 9.95. The zero-order chi connectivity index (χ0) is 17.1. The molecule has 0 spiro atoms. The number of rotatable bonds is 10. The first kappa shape index (κ1) is 20.2. The Bertz CT molecular complexity index is 371. The van der Waals surface area contributed by atoms with Gasteiger partial charge in [0.2, 0.25) is 6.29 Å². The van der Waals surface area contributed by atoms with E-state index >= 15 is 0 Å². The molecule has 1 amide bonds. The number of amides is 1. The number of ether oxygens (including phenoxy) is 2. The van der Waals surface area contributed by atoms with E-state index in [-0.39, 0.29) is 6.42 Å². The van der Waals surface area contributed by atoms with Gasteiger partial charge in [0.05, 0.1) is 6.42 Å². The Morgan fingerprint density at radius 2 is 1.82 bits per heavy atom. The van der Waals surface area contributed by atoms with Crippen LogP contribution in [0.4, 0.5) is 4.79 Å². The van der Waals surface area contributed by atoms with E-state index in [1.54, 1.807) is 0 Å². The molecule has 0 unspecified atom stereocenters. The zero-order valence-corrected chi connectivity index (χ0v) is 13.8. The number of alkyl carbamates (subject to hydrolysis) is 1. The number of nitrogens with one attached hydrogen (secondary N) is 1. The Morgan fingerprint density at radius 1 is 1.18 bits per heavy atom. The number of hydrogen-bond donors (Lipinski definition) is 2. The molecule has 0 aliphatic heterocycles. The first-order valence-electron chi connectivity index (χ1n) is 7.60. The standard InChI is InChI=1S/C15H27NO6/c1-5-6-7-10(2)8-13(9-14(18)19)16-15(20)22-12(4)21-11(3)17/h10,12-13H,5-9H2,1-4H3,(H,16,20)(H,18,19)/t10-,12+,13+/m1/s1. The van der Waals surface area contributed by atoms with Gasteiger partial charge in [0.25, 0.3) is 0 Å². The predicted molar refractivity (Wildman–Crippen MR) is 80.2 cm³/mol. The van der Waals surface area contributed by atoms with Gasteiger partial charge in [0, 0.05) is 19.9 Å². The third-order valence-corrected chi connectivity index (χ3v) is 3.09. The van der Waals surface area contributed by atoms with E-state index in [4.69, 9.17) is 9.84 Å². The molecule has 22 heavy (non-hydrogen) atoms. The summed E-state index contributed by atoms with van der Waals surface area (Å²) in [5.41, 5.74) is 0. The van der Waals surface area contributed by atoms with Crippen LogP contribution in [0.5, 0.6) is 0 Å². The largest absolute Gasteiger partial charge is 0.481 e. The van der Waals surface area contributed by atoms with Crippen molar-refractivity contribution in [2.24, 2.45) is 5.92 Å². The van der Waals surface area contributed by atoms with Gasteiger partial charge in [-0.3, -0.25) is 9.59 Å². The van der Waals surface area contributed by atoms with Crippen LogP contribution < -0.4 is 5.32 Å². The second-order valence-electron chi connectivity index (χ2n) is 5.50. The summed E-state index contributed by atoms with van der Waals surface area (Å²) < 4.78 is 9.53. The molecule has 0 radical (unpaired) electrons. The van der Waals surface area contributed by atoms with Gasteiger partial charge in [-0.15, -0.1) is 0 Å². The molecule has 0 bridgehead atoms. The minimum absolute atomic E-state index is 0.173. The average molecular weight is 317 g/mol. The van der Waals surface area contributed by atoms with Crippen LogP contribution in [-0.4, -0.2) is 35.5 Å². The van der Waals surface area contributed by atoms with Crippen LogP contribution >= 0.6 is 0 Å². The van der Waals surface area contributed by atoms with E-state index < -0.39 is 30.4 Å². The summed E-state index contributed by atoms with van der Waals surface area (Å²) in [6, 6.07) is -0.513. The molecule has 0 saturated heterocycles. The van der Waals surface area contributed by atoms with Gasteiger partial charge in [0.15, 0.2) is 0 Å². The van der Waals surface area contributed by atoms with Crippen LogP contribution in [-0.2, 0) is 19.1 Å². The molecule has 0 aromatic carbocycles. The molecule has 7 heteroatoms. The summed E-state index contributed by atoms with van der Waals surface area (Å²) in [5.74, 6) is -1.24. The lowest BCUT2D eigenvalue weighted by Gasteiger charge is -2.21. The van der Waals surface area contributed by atoms with Crippen molar-refractivity contribution < 1.29 is 29.0 Å². The number of esters is 1. The maximum Gasteiger partial charge on any atom is 0.410 e. The van der Waals surface area contributed by atoms with Crippen LogP contribution in [0, 0.1) is 5.92 Å². The molecule has 0 rings (SSSR count). The first-order chi connectivity index (χ1) is 10.2. The number of carbonyl (C=O) groups is 3. The highest BCUT2D eigenvalue weighted by atomic mass is 16.7. The number of aliphatic carboxylic acids is 1. The Hall–Kier alpha value is -1.79. The van der Waals surface area contributed by atoms with E-state index in [9.17, 15) is 14.4 Å². The Labute approximate surface area is 131 Å². The topological polar surface area (TPSA) is 102 Å². The Kier molecular flexibility index (Phi) is 9.98. The minimum atomic E-state index is -1.01. The molecule has 3 atom stereocenters.